The van der Waals surface area contributed by atoms with Crippen LogP contribution in [-0.4, -0.2) is 30.0 Å². The summed E-state index contributed by atoms with van der Waals surface area (Å²) in [5.41, 5.74) is 0. The number of hydrogen-bond donors (Lipinski definition) is 0. The van der Waals surface area contributed by atoms with Gasteiger partial charge in [0.2, 0.25) is 0 Å². The Morgan fingerprint density at radius 1 is 0.500 bits per heavy atom. The maximum Gasteiger partial charge on any atom is 1.00 e. The fourth-order valence-electron chi connectivity index (χ4n) is 5.23. The van der Waals surface area contributed by atoms with E-state index in [4.69, 9.17) is 0 Å². The SMILES string of the molecule is CCCCCCCCCCCCCN(CCCCCCCCCCCCC)C(CCCC)C(=O)[O-].[Li+]. The zero-order chi connectivity index (χ0) is 25.8. The monoisotopic (exact) mass is 502 g/mol. The zero-order valence-corrected chi connectivity index (χ0v) is 25.4. The zero-order valence-electron chi connectivity index (χ0n) is 25.4. The summed E-state index contributed by atoms with van der Waals surface area (Å²) in [5, 5.41) is 11.9. The maximum atomic E-state index is 11.9. The van der Waals surface area contributed by atoms with E-state index in [2.05, 4.69) is 25.7 Å². The van der Waals surface area contributed by atoms with Crippen molar-refractivity contribution in [1.29, 1.82) is 0 Å². The summed E-state index contributed by atoms with van der Waals surface area (Å²) in [6, 6.07) is -0.388. The minimum atomic E-state index is -0.857. The van der Waals surface area contributed by atoms with Gasteiger partial charge in [0.05, 0.1) is 5.97 Å². The Hall–Kier alpha value is 0.0274. The van der Waals surface area contributed by atoms with E-state index in [-0.39, 0.29) is 24.9 Å². The molecule has 0 spiro atoms. The third-order valence-electron chi connectivity index (χ3n) is 7.64. The first-order chi connectivity index (χ1) is 17.2. The van der Waals surface area contributed by atoms with Gasteiger partial charge in [0.25, 0.3) is 0 Å². The molecule has 36 heavy (non-hydrogen) atoms. The van der Waals surface area contributed by atoms with Gasteiger partial charge in [-0.3, -0.25) is 4.90 Å². The largest absolute Gasteiger partial charge is 1.00 e. The van der Waals surface area contributed by atoms with Gasteiger partial charge in [-0.15, -0.1) is 0 Å². The molecule has 3 nitrogen and oxygen atoms in total. The quantitative estimate of drug-likeness (QED) is 0.0902. The van der Waals surface area contributed by atoms with E-state index in [1.165, 1.54) is 128 Å². The first-order valence-corrected chi connectivity index (χ1v) is 16.1. The normalized spacial score (nSPS) is 12.1. The summed E-state index contributed by atoms with van der Waals surface area (Å²) in [5.74, 6) is -0.857. The molecule has 0 fully saturated rings. The van der Waals surface area contributed by atoms with E-state index in [9.17, 15) is 9.90 Å². The fraction of sp³-hybridized carbons (Fsp3) is 0.969. The molecule has 0 bridgehead atoms. The van der Waals surface area contributed by atoms with Gasteiger partial charge in [0, 0.05) is 6.04 Å². The molecule has 0 aromatic heterocycles. The molecule has 1 atom stereocenters. The number of aliphatic carboxylic acids is 1. The van der Waals surface area contributed by atoms with E-state index in [0.717, 1.165) is 45.2 Å². The molecule has 4 heteroatoms. The Labute approximate surface area is 239 Å². The van der Waals surface area contributed by atoms with E-state index in [0.29, 0.717) is 0 Å². The Morgan fingerprint density at radius 3 is 1.06 bits per heavy atom. The predicted octanol–water partition coefficient (Wildman–Crippen LogP) is 6.22. The number of carbonyl (C=O) groups is 1. The Morgan fingerprint density at radius 2 is 0.778 bits per heavy atom. The van der Waals surface area contributed by atoms with Gasteiger partial charge in [-0.25, -0.2) is 0 Å². The number of carboxylic acid groups (broad SMARTS) is 1. The molecule has 0 N–H and O–H groups in total. The predicted molar refractivity (Wildman–Crippen MR) is 153 cm³/mol. The summed E-state index contributed by atoms with van der Waals surface area (Å²) in [6.45, 7) is 8.55. The number of carboxylic acids is 1. The van der Waals surface area contributed by atoms with Crippen LogP contribution in [0.4, 0.5) is 0 Å². The molecule has 0 aliphatic heterocycles. The Bertz CT molecular complexity index is 406. The van der Waals surface area contributed by atoms with E-state index in [1.807, 2.05) is 0 Å². The average molecular weight is 502 g/mol. The smallest absolute Gasteiger partial charge is 0.548 e. The molecular weight excluding hydrogens is 437 g/mol. The van der Waals surface area contributed by atoms with Crippen LogP contribution in [0.2, 0.25) is 0 Å². The van der Waals surface area contributed by atoms with Crippen molar-refractivity contribution in [2.24, 2.45) is 0 Å². The van der Waals surface area contributed by atoms with Crippen molar-refractivity contribution in [3.05, 3.63) is 0 Å². The van der Waals surface area contributed by atoms with Crippen molar-refractivity contribution in [2.75, 3.05) is 13.1 Å². The minimum absolute atomic E-state index is 0. The molecule has 0 aromatic rings. The van der Waals surface area contributed by atoms with Crippen molar-refractivity contribution in [3.63, 3.8) is 0 Å². The Balaban J connectivity index is 0. The van der Waals surface area contributed by atoms with Gasteiger partial charge in [0.1, 0.15) is 0 Å². The third-order valence-corrected chi connectivity index (χ3v) is 7.64. The van der Waals surface area contributed by atoms with Crippen molar-refractivity contribution in [3.8, 4) is 0 Å². The van der Waals surface area contributed by atoms with Crippen molar-refractivity contribution < 1.29 is 28.8 Å². The van der Waals surface area contributed by atoms with E-state index >= 15 is 0 Å². The molecule has 210 valence electrons. The summed E-state index contributed by atoms with van der Waals surface area (Å²) in [6.07, 6.45) is 32.1. The van der Waals surface area contributed by atoms with Gasteiger partial charge in [-0.05, 0) is 32.4 Å². The van der Waals surface area contributed by atoms with Crippen LogP contribution in [0, 0.1) is 0 Å². The molecule has 0 aromatic carbocycles. The summed E-state index contributed by atoms with van der Waals surface area (Å²) in [4.78, 5) is 14.2. The number of hydrogen-bond acceptors (Lipinski definition) is 3. The molecule has 0 aliphatic rings. The van der Waals surface area contributed by atoms with Crippen LogP contribution in [-0.2, 0) is 4.79 Å². The number of carbonyl (C=O) groups excluding carboxylic acids is 1. The topological polar surface area (TPSA) is 43.4 Å². The van der Waals surface area contributed by atoms with Crippen LogP contribution in [0.15, 0.2) is 0 Å². The number of rotatable bonds is 29. The molecule has 0 heterocycles. The summed E-state index contributed by atoms with van der Waals surface area (Å²) >= 11 is 0. The van der Waals surface area contributed by atoms with Crippen LogP contribution < -0.4 is 24.0 Å². The first kappa shape index (κ1) is 38.2. The second-order valence-corrected chi connectivity index (χ2v) is 11.1. The molecule has 0 radical (unpaired) electrons. The molecular formula is C32H64LiNO2. The summed E-state index contributed by atoms with van der Waals surface area (Å²) in [7, 11) is 0. The van der Waals surface area contributed by atoms with E-state index < -0.39 is 5.97 Å². The van der Waals surface area contributed by atoms with Gasteiger partial charge in [-0.2, -0.15) is 0 Å². The second-order valence-electron chi connectivity index (χ2n) is 11.1. The Kier molecular flexibility index (Phi) is 33.1. The van der Waals surface area contributed by atoms with Crippen molar-refractivity contribution in [2.45, 2.75) is 187 Å². The van der Waals surface area contributed by atoms with Gasteiger partial charge < -0.3 is 9.90 Å². The number of unbranched alkanes of at least 4 members (excludes halogenated alkanes) is 21. The summed E-state index contributed by atoms with van der Waals surface area (Å²) < 4.78 is 0. The van der Waals surface area contributed by atoms with Crippen LogP contribution in [0.5, 0.6) is 0 Å². The maximum absolute atomic E-state index is 11.9. The molecule has 0 saturated heterocycles. The minimum Gasteiger partial charge on any atom is -0.548 e. The molecule has 0 amide bonds. The molecule has 1 unspecified atom stereocenters. The van der Waals surface area contributed by atoms with Crippen molar-refractivity contribution in [1.82, 2.24) is 4.90 Å². The molecule has 0 saturated carbocycles. The molecule has 0 aliphatic carbocycles. The van der Waals surface area contributed by atoms with Crippen LogP contribution in [0.3, 0.4) is 0 Å². The van der Waals surface area contributed by atoms with Crippen LogP contribution in [0.25, 0.3) is 0 Å². The molecule has 0 rings (SSSR count). The first-order valence-electron chi connectivity index (χ1n) is 16.1. The fourth-order valence-corrected chi connectivity index (χ4v) is 5.23. The van der Waals surface area contributed by atoms with Gasteiger partial charge in [-0.1, -0.05) is 162 Å². The van der Waals surface area contributed by atoms with Crippen LogP contribution >= 0.6 is 0 Å². The van der Waals surface area contributed by atoms with Gasteiger partial charge >= 0.3 is 18.9 Å². The van der Waals surface area contributed by atoms with Crippen LogP contribution in [0.1, 0.15) is 181 Å². The average Bonchev–Trinajstić information content (AvgIpc) is 2.85. The van der Waals surface area contributed by atoms with Gasteiger partial charge in [0.15, 0.2) is 0 Å². The van der Waals surface area contributed by atoms with E-state index in [1.54, 1.807) is 0 Å². The van der Waals surface area contributed by atoms with Crippen molar-refractivity contribution >= 4 is 5.97 Å². The number of nitrogens with zero attached hydrogens (tertiary/aromatic N) is 1. The standard InChI is InChI=1S/C32H65NO2.Li/c1-4-7-10-12-14-16-18-20-22-24-26-29-33(31(32(34)35)28-9-6-3)30-27-25-23-21-19-17-15-13-11-8-5-2;/h31H,4-30H2,1-3H3,(H,34,35);/q;+1/p-1. The second kappa shape index (κ2) is 31.2. The third kappa shape index (κ3) is 25.7.